The fourth-order valence-corrected chi connectivity index (χ4v) is 1.02. The number of aliphatic hydroxyl groups excluding tert-OH is 1. The zero-order valence-corrected chi connectivity index (χ0v) is 8.58. The van der Waals surface area contributed by atoms with Crippen molar-refractivity contribution in [1.29, 1.82) is 0 Å². The third kappa shape index (κ3) is 6.66. The maximum atomic E-state index is 9.97. The Kier molecular flexibility index (Phi) is 8.24. The lowest BCUT2D eigenvalue weighted by atomic mass is 10.1. The second kappa shape index (κ2) is 8.75. The zero-order valence-electron chi connectivity index (χ0n) is 8.58. The van der Waals surface area contributed by atoms with Crippen LogP contribution in [0.3, 0.4) is 0 Å². The zero-order chi connectivity index (χ0) is 10.8. The van der Waals surface area contributed by atoms with Gasteiger partial charge in [-0.3, -0.25) is 0 Å². The Morgan fingerprint density at radius 3 is 2.64 bits per heavy atom. The molecule has 1 radical (unpaired) electrons. The molecule has 0 aromatic heterocycles. The summed E-state index contributed by atoms with van der Waals surface area (Å²) in [4.78, 5) is 9.97. The van der Waals surface area contributed by atoms with E-state index in [1.54, 1.807) is 5.94 Å². The fourth-order valence-electron chi connectivity index (χ4n) is 1.02. The third-order valence-corrected chi connectivity index (χ3v) is 1.88. The largest absolute Gasteiger partial charge is 0.393 e. The number of rotatable bonds is 2. The van der Waals surface area contributed by atoms with E-state index < -0.39 is 0 Å². The molecule has 0 aliphatic carbocycles. The summed E-state index contributed by atoms with van der Waals surface area (Å²) in [5.74, 6) is 1.73. The summed E-state index contributed by atoms with van der Waals surface area (Å²) >= 11 is 0. The first kappa shape index (κ1) is 13.2. The van der Waals surface area contributed by atoms with Crippen LogP contribution in [0.5, 0.6) is 0 Å². The van der Waals surface area contributed by atoms with Gasteiger partial charge in [0, 0.05) is 13.0 Å². The molecule has 1 aliphatic rings. The summed E-state index contributed by atoms with van der Waals surface area (Å²) < 4.78 is 0. The number of carbonyl (C=O) groups excluding carboxylic acids is 1. The maximum Gasteiger partial charge on any atom is 0.145 e. The molecule has 0 bridgehead atoms. The lowest BCUT2D eigenvalue weighted by Gasteiger charge is -2.18. The van der Waals surface area contributed by atoms with Crippen LogP contribution in [-0.2, 0) is 9.90 Å². The Morgan fingerprint density at radius 1 is 1.64 bits per heavy atom. The van der Waals surface area contributed by atoms with Crippen molar-refractivity contribution in [1.82, 2.24) is 5.32 Å². The Bertz CT molecular complexity index is 186. The fraction of sp³-hybridized carbons (Fsp3) is 0.800. The monoisotopic (exact) mass is 200 g/mol. The number of nitrogens with one attached hydrogen (secondary N) is 1. The molecule has 1 heterocycles. The first-order valence-electron chi connectivity index (χ1n) is 4.98. The highest BCUT2D eigenvalue weighted by Gasteiger charge is 2.13. The molecular formula is C10H18NO3. The third-order valence-electron chi connectivity index (χ3n) is 1.88. The normalized spacial score (nSPS) is 20.2. The Balaban J connectivity index is 0.000000292. The van der Waals surface area contributed by atoms with Crippen LogP contribution in [0.2, 0.25) is 0 Å². The van der Waals surface area contributed by atoms with E-state index in [0.717, 1.165) is 19.3 Å². The second-order valence-corrected chi connectivity index (χ2v) is 3.21. The van der Waals surface area contributed by atoms with Crippen molar-refractivity contribution in [3.63, 3.8) is 0 Å². The van der Waals surface area contributed by atoms with E-state index in [4.69, 9.17) is 5.11 Å². The van der Waals surface area contributed by atoms with E-state index in [0.29, 0.717) is 18.7 Å². The van der Waals surface area contributed by atoms with Crippen LogP contribution < -0.4 is 5.32 Å². The predicted molar refractivity (Wildman–Crippen MR) is 52.9 cm³/mol. The number of piperidine rings is 1. The molecule has 1 unspecified atom stereocenters. The molecule has 1 saturated heterocycles. The van der Waals surface area contributed by atoms with Crippen molar-refractivity contribution < 1.29 is 15.0 Å². The van der Waals surface area contributed by atoms with Crippen molar-refractivity contribution >= 4 is 5.94 Å². The molecule has 1 atom stereocenters. The maximum absolute atomic E-state index is 9.97. The lowest BCUT2D eigenvalue weighted by Crippen LogP contribution is -2.29. The molecule has 4 nitrogen and oxygen atoms in total. The number of hydrogen-bond acceptors (Lipinski definition) is 3. The first-order chi connectivity index (χ1) is 6.74. The molecule has 4 heteroatoms. The van der Waals surface area contributed by atoms with Gasteiger partial charge in [-0.1, -0.05) is 13.3 Å². The quantitative estimate of drug-likeness (QED) is 0.643. The number of aliphatic hydroxyl groups is 1. The van der Waals surface area contributed by atoms with E-state index in [2.05, 4.69) is 5.32 Å². The molecule has 0 aromatic carbocycles. The first-order valence-corrected chi connectivity index (χ1v) is 4.98. The van der Waals surface area contributed by atoms with Gasteiger partial charge in [-0.2, -0.15) is 0 Å². The van der Waals surface area contributed by atoms with Gasteiger partial charge in [-0.05, 0) is 12.8 Å². The van der Waals surface area contributed by atoms with Gasteiger partial charge in [-0.15, -0.1) is 0 Å². The summed E-state index contributed by atoms with van der Waals surface area (Å²) in [6.07, 6.45) is 2.68. The molecule has 1 fully saturated rings. The van der Waals surface area contributed by atoms with Crippen LogP contribution in [0.4, 0.5) is 0 Å². The number of hydrogen-bond donors (Lipinski definition) is 2. The van der Waals surface area contributed by atoms with Crippen LogP contribution >= 0.6 is 0 Å². The molecule has 14 heavy (non-hydrogen) atoms. The van der Waals surface area contributed by atoms with Crippen LogP contribution in [0.15, 0.2) is 5.70 Å². The molecular weight excluding hydrogens is 182 g/mol. The van der Waals surface area contributed by atoms with Crippen molar-refractivity contribution in [2.24, 2.45) is 0 Å². The minimum Gasteiger partial charge on any atom is -0.393 e. The summed E-state index contributed by atoms with van der Waals surface area (Å²) in [6.45, 7) is 2.79. The minimum absolute atomic E-state index is 0.0938. The Hall–Kier alpha value is -0.830. The van der Waals surface area contributed by atoms with Gasteiger partial charge < -0.3 is 10.4 Å². The lowest BCUT2D eigenvalue weighted by molar-refractivity contribution is 0.151. The van der Waals surface area contributed by atoms with Crippen molar-refractivity contribution in [2.75, 3.05) is 13.2 Å². The van der Waals surface area contributed by atoms with Gasteiger partial charge in [0.15, 0.2) is 0 Å². The van der Waals surface area contributed by atoms with Crippen molar-refractivity contribution in [3.8, 4) is 0 Å². The average Bonchev–Trinajstić information content (AvgIpc) is 2.20. The molecule has 0 amide bonds. The molecule has 1 aliphatic heterocycles. The van der Waals surface area contributed by atoms with Crippen molar-refractivity contribution in [3.05, 3.63) is 5.70 Å². The van der Waals surface area contributed by atoms with E-state index in [9.17, 15) is 9.90 Å². The van der Waals surface area contributed by atoms with E-state index in [1.165, 1.54) is 0 Å². The standard InChI is InChI=1S/C6H9NO2.C4H9O/c8-4-5-3-6(9)1-2-7-5;1-2-3-4-5/h6-7,9H,1-3H2;2-4H2,1H3. The molecule has 81 valence electrons. The Labute approximate surface area is 84.6 Å². The highest BCUT2D eigenvalue weighted by atomic mass is 16.3. The summed E-state index contributed by atoms with van der Waals surface area (Å²) in [5.41, 5.74) is 0.494. The minimum atomic E-state index is -0.345. The number of unbranched alkanes of at least 4 members (excludes halogenated alkanes) is 1. The van der Waals surface area contributed by atoms with Crippen LogP contribution in [0, 0.1) is 0 Å². The summed E-state index contributed by atoms with van der Waals surface area (Å²) in [6, 6.07) is 0. The van der Waals surface area contributed by atoms with E-state index >= 15 is 0 Å². The molecule has 0 saturated carbocycles. The molecule has 0 aromatic rings. The second-order valence-electron chi connectivity index (χ2n) is 3.21. The van der Waals surface area contributed by atoms with Crippen LogP contribution in [-0.4, -0.2) is 30.3 Å². The molecule has 1 rings (SSSR count). The predicted octanol–water partition coefficient (Wildman–Crippen LogP) is 0.663. The van der Waals surface area contributed by atoms with Gasteiger partial charge in [0.25, 0.3) is 0 Å². The van der Waals surface area contributed by atoms with Crippen LogP contribution in [0.1, 0.15) is 32.6 Å². The van der Waals surface area contributed by atoms with E-state index in [1.807, 2.05) is 6.92 Å². The highest BCUT2D eigenvalue weighted by Crippen LogP contribution is 2.07. The SMILES string of the molecule is CCCC[O].O=C=C1CC(O)CCN1. The van der Waals surface area contributed by atoms with Gasteiger partial charge >= 0.3 is 0 Å². The van der Waals surface area contributed by atoms with Gasteiger partial charge in [0.05, 0.1) is 18.4 Å². The highest BCUT2D eigenvalue weighted by molar-refractivity contribution is 5.51. The summed E-state index contributed by atoms with van der Waals surface area (Å²) in [5, 5.41) is 21.3. The van der Waals surface area contributed by atoms with Gasteiger partial charge in [0.1, 0.15) is 5.94 Å². The molecule has 0 spiro atoms. The van der Waals surface area contributed by atoms with Gasteiger partial charge in [0.2, 0.25) is 0 Å². The topological polar surface area (TPSA) is 69.2 Å². The average molecular weight is 200 g/mol. The van der Waals surface area contributed by atoms with Crippen LogP contribution in [0.25, 0.3) is 0 Å². The van der Waals surface area contributed by atoms with Gasteiger partial charge in [-0.25, -0.2) is 9.90 Å². The molecule has 2 N–H and O–H groups in total. The van der Waals surface area contributed by atoms with E-state index in [-0.39, 0.29) is 12.7 Å². The summed E-state index contributed by atoms with van der Waals surface area (Å²) in [7, 11) is 0. The Morgan fingerprint density at radius 2 is 2.36 bits per heavy atom. The van der Waals surface area contributed by atoms with Crippen molar-refractivity contribution in [2.45, 2.75) is 38.7 Å². The smallest absolute Gasteiger partial charge is 0.145 e.